The molecule has 0 aliphatic heterocycles. The van der Waals surface area contributed by atoms with Crippen LogP contribution in [0.15, 0.2) is 34.9 Å². The molecule has 5 nitrogen and oxygen atoms in total. The van der Waals surface area contributed by atoms with Gasteiger partial charge >= 0.3 is 5.97 Å². The number of hydrogen-bond acceptors (Lipinski definition) is 4. The average Bonchev–Trinajstić information content (AvgIpc) is 3.60. The van der Waals surface area contributed by atoms with Crippen molar-refractivity contribution in [3.05, 3.63) is 51.9 Å². The minimum Gasteiger partial charge on any atom is -0.469 e. The lowest BCUT2D eigenvalue weighted by Crippen LogP contribution is -2.39. The first-order valence-electron chi connectivity index (χ1n) is 11.3. The average molecular weight is 481 g/mol. The van der Waals surface area contributed by atoms with E-state index in [0.29, 0.717) is 48.1 Å². The van der Waals surface area contributed by atoms with Gasteiger partial charge < -0.3 is 4.74 Å². The van der Waals surface area contributed by atoms with Gasteiger partial charge in [0.15, 0.2) is 0 Å². The number of aryl methyl sites for hydroxylation is 1. The summed E-state index contributed by atoms with van der Waals surface area (Å²) in [6.45, 7) is 11.6. The van der Waals surface area contributed by atoms with E-state index in [1.54, 1.807) is 19.1 Å². The summed E-state index contributed by atoms with van der Waals surface area (Å²) in [5, 5.41) is 4.95. The molecular formula is C25H34Cl2N2O3. The Labute approximate surface area is 201 Å². The maximum absolute atomic E-state index is 13.7. The standard InChI is InChI=1S/C23H28Cl2N2O3.C2H6/c1-5-16(15-7-8-15)20(18(25)6-2)21(28)27-19-13-23(11-12-24,22(29)30-4)10-9-17(19)14(3)26-27;1-2/h5-6,15H,1,7-13H2,2-4H3;1-2H3/b18-6+,20-16-;. The van der Waals surface area contributed by atoms with E-state index < -0.39 is 5.41 Å². The summed E-state index contributed by atoms with van der Waals surface area (Å²) in [7, 11) is 1.39. The Balaban J connectivity index is 0.00000176. The summed E-state index contributed by atoms with van der Waals surface area (Å²) in [6.07, 6.45) is 7.60. The fraction of sp³-hybridized carbons (Fsp3) is 0.560. The zero-order chi connectivity index (χ0) is 24.1. The van der Waals surface area contributed by atoms with Crippen molar-refractivity contribution in [3.8, 4) is 0 Å². The van der Waals surface area contributed by atoms with Gasteiger partial charge in [0.25, 0.3) is 5.91 Å². The number of carbonyl (C=O) groups excluding carboxylic acids is 2. The Hall–Kier alpha value is -1.85. The second-order valence-corrected chi connectivity index (χ2v) is 8.85. The monoisotopic (exact) mass is 480 g/mol. The maximum Gasteiger partial charge on any atom is 0.312 e. The molecule has 1 saturated carbocycles. The van der Waals surface area contributed by atoms with Crippen molar-refractivity contribution in [3.63, 3.8) is 0 Å². The van der Waals surface area contributed by atoms with Crippen molar-refractivity contribution >= 4 is 35.1 Å². The van der Waals surface area contributed by atoms with Crippen LogP contribution in [-0.4, -0.2) is 34.6 Å². The molecular weight excluding hydrogens is 447 g/mol. The van der Waals surface area contributed by atoms with Gasteiger partial charge in [-0.15, -0.1) is 11.6 Å². The molecule has 176 valence electrons. The van der Waals surface area contributed by atoms with Gasteiger partial charge in [-0.2, -0.15) is 5.10 Å². The van der Waals surface area contributed by atoms with Crippen LogP contribution in [0.2, 0.25) is 0 Å². The van der Waals surface area contributed by atoms with Crippen molar-refractivity contribution in [1.29, 1.82) is 0 Å². The van der Waals surface area contributed by atoms with Gasteiger partial charge in [0.1, 0.15) is 0 Å². The number of carbonyl (C=O) groups is 2. The van der Waals surface area contributed by atoms with Crippen molar-refractivity contribution in [2.45, 2.75) is 66.2 Å². The zero-order valence-corrected chi connectivity index (χ0v) is 21.3. The number of fused-ring (bicyclic) bond motifs is 1. The summed E-state index contributed by atoms with van der Waals surface area (Å²) < 4.78 is 6.53. The number of nitrogens with zero attached hydrogens (tertiary/aromatic N) is 2. The van der Waals surface area contributed by atoms with Crippen LogP contribution < -0.4 is 0 Å². The van der Waals surface area contributed by atoms with E-state index in [0.717, 1.165) is 35.4 Å². The number of allylic oxidation sites excluding steroid dienone is 5. The predicted molar refractivity (Wildman–Crippen MR) is 130 cm³/mol. The van der Waals surface area contributed by atoms with Crippen LogP contribution in [0.3, 0.4) is 0 Å². The molecule has 1 aromatic heterocycles. The Kier molecular flexibility index (Phi) is 9.35. The molecule has 3 rings (SSSR count). The third-order valence-corrected chi connectivity index (χ3v) is 6.86. The molecule has 0 spiro atoms. The van der Waals surface area contributed by atoms with Crippen LogP contribution >= 0.6 is 23.2 Å². The third kappa shape index (κ3) is 5.04. The largest absolute Gasteiger partial charge is 0.469 e. The van der Waals surface area contributed by atoms with Gasteiger partial charge in [-0.05, 0) is 63.0 Å². The van der Waals surface area contributed by atoms with E-state index in [4.69, 9.17) is 27.9 Å². The SMILES string of the molecule is C=C/C(=C(C(=O)n1nc(C)c2c1CC(CCCl)(C(=O)OC)CC2)\C(Cl)=C/C)C1CC1.CC. The number of rotatable bonds is 7. The molecule has 0 saturated heterocycles. The highest BCUT2D eigenvalue weighted by atomic mass is 35.5. The van der Waals surface area contributed by atoms with Crippen LogP contribution in [0, 0.1) is 18.3 Å². The number of ether oxygens (including phenoxy) is 1. The number of halogens is 2. The molecule has 1 fully saturated rings. The third-order valence-electron chi connectivity index (χ3n) is 6.27. The van der Waals surface area contributed by atoms with Crippen LogP contribution in [0.25, 0.3) is 0 Å². The van der Waals surface area contributed by atoms with Crippen molar-refractivity contribution in [2.75, 3.05) is 13.0 Å². The fourth-order valence-electron chi connectivity index (χ4n) is 4.42. The Morgan fingerprint density at radius 1 is 1.34 bits per heavy atom. The van der Waals surface area contributed by atoms with E-state index in [2.05, 4.69) is 11.7 Å². The number of esters is 1. The molecule has 1 aromatic rings. The molecule has 0 radical (unpaired) electrons. The second kappa shape index (κ2) is 11.3. The highest BCUT2D eigenvalue weighted by Gasteiger charge is 2.45. The number of methoxy groups -OCH3 is 1. The molecule has 0 N–H and O–H groups in total. The van der Waals surface area contributed by atoms with Gasteiger partial charge in [-0.25, -0.2) is 4.68 Å². The quantitative estimate of drug-likeness (QED) is 0.202. The Bertz CT molecular complexity index is 941. The first-order chi connectivity index (χ1) is 15.3. The lowest BCUT2D eigenvalue weighted by atomic mass is 9.71. The molecule has 0 amide bonds. The summed E-state index contributed by atoms with van der Waals surface area (Å²) in [6, 6.07) is 0. The molecule has 2 aliphatic rings. The van der Waals surface area contributed by atoms with Gasteiger partial charge in [0.05, 0.1) is 29.5 Å². The first-order valence-corrected chi connectivity index (χ1v) is 12.2. The van der Waals surface area contributed by atoms with E-state index >= 15 is 0 Å². The van der Waals surface area contributed by atoms with Crippen LogP contribution in [0.5, 0.6) is 0 Å². The van der Waals surface area contributed by atoms with Crippen molar-refractivity contribution < 1.29 is 14.3 Å². The molecule has 0 aromatic carbocycles. The summed E-state index contributed by atoms with van der Waals surface area (Å²) in [4.78, 5) is 26.4. The maximum atomic E-state index is 13.7. The number of alkyl halides is 1. The molecule has 1 unspecified atom stereocenters. The van der Waals surface area contributed by atoms with E-state index in [1.807, 2.05) is 20.8 Å². The smallest absolute Gasteiger partial charge is 0.312 e. The normalized spacial score (nSPS) is 21.0. The van der Waals surface area contributed by atoms with Crippen LogP contribution in [-0.2, 0) is 22.4 Å². The van der Waals surface area contributed by atoms with Crippen molar-refractivity contribution in [1.82, 2.24) is 9.78 Å². The molecule has 1 heterocycles. The molecule has 2 aliphatic carbocycles. The first kappa shape index (κ1) is 26.4. The summed E-state index contributed by atoms with van der Waals surface area (Å²) >= 11 is 12.5. The molecule has 7 heteroatoms. The molecule has 1 atom stereocenters. The van der Waals surface area contributed by atoms with Crippen molar-refractivity contribution in [2.24, 2.45) is 11.3 Å². The minimum absolute atomic E-state index is 0.282. The summed E-state index contributed by atoms with van der Waals surface area (Å²) in [5.74, 6) is 0.0612. The Morgan fingerprint density at radius 3 is 2.50 bits per heavy atom. The topological polar surface area (TPSA) is 61.2 Å². The minimum atomic E-state index is -0.750. The van der Waals surface area contributed by atoms with E-state index in [-0.39, 0.29) is 11.9 Å². The number of aromatic nitrogens is 2. The van der Waals surface area contributed by atoms with E-state index in [9.17, 15) is 9.59 Å². The summed E-state index contributed by atoms with van der Waals surface area (Å²) in [5.41, 5.74) is 3.11. The fourth-order valence-corrected chi connectivity index (χ4v) is 4.98. The van der Waals surface area contributed by atoms with Crippen LogP contribution in [0.4, 0.5) is 0 Å². The van der Waals surface area contributed by atoms with Gasteiger partial charge in [-0.3, -0.25) is 9.59 Å². The zero-order valence-electron chi connectivity index (χ0n) is 19.8. The predicted octanol–water partition coefficient (Wildman–Crippen LogP) is 6.17. The molecule has 32 heavy (non-hydrogen) atoms. The van der Waals surface area contributed by atoms with E-state index in [1.165, 1.54) is 11.8 Å². The highest BCUT2D eigenvalue weighted by Crippen LogP contribution is 2.43. The molecule has 0 bridgehead atoms. The van der Waals surface area contributed by atoms with Crippen LogP contribution in [0.1, 0.15) is 68.2 Å². The van der Waals surface area contributed by atoms with Gasteiger partial charge in [-0.1, -0.05) is 44.2 Å². The Morgan fingerprint density at radius 2 is 2.00 bits per heavy atom. The van der Waals surface area contributed by atoms with Gasteiger partial charge in [0.2, 0.25) is 0 Å². The highest BCUT2D eigenvalue weighted by molar-refractivity contribution is 6.35. The lowest BCUT2D eigenvalue weighted by Gasteiger charge is -2.34. The lowest BCUT2D eigenvalue weighted by molar-refractivity contribution is -0.154. The van der Waals surface area contributed by atoms with Gasteiger partial charge in [0, 0.05) is 17.3 Å². The second-order valence-electron chi connectivity index (χ2n) is 8.06. The number of hydrogen-bond donors (Lipinski definition) is 0.